The zero-order valence-corrected chi connectivity index (χ0v) is 15.5. The van der Waals surface area contributed by atoms with Crippen molar-refractivity contribution < 1.29 is 23.5 Å². The summed E-state index contributed by atoms with van der Waals surface area (Å²) in [7, 11) is 0. The Kier molecular flexibility index (Phi) is 5.16. The molecule has 7 nitrogen and oxygen atoms in total. The molecule has 0 saturated carbocycles. The Morgan fingerprint density at radius 3 is 2.39 bits per heavy atom. The van der Waals surface area contributed by atoms with Crippen molar-refractivity contribution in [3.8, 4) is 5.75 Å². The van der Waals surface area contributed by atoms with Crippen molar-refractivity contribution in [1.82, 2.24) is 5.32 Å². The maximum atomic E-state index is 12.9. The van der Waals surface area contributed by atoms with Crippen LogP contribution in [0.25, 0.3) is 0 Å². The summed E-state index contributed by atoms with van der Waals surface area (Å²) in [6.07, 6.45) is 4.47. The van der Waals surface area contributed by atoms with Crippen LogP contribution in [0.15, 0.2) is 59.2 Å². The van der Waals surface area contributed by atoms with Crippen LogP contribution < -0.4 is 15.4 Å². The number of benzene rings is 1. The predicted octanol–water partition coefficient (Wildman–Crippen LogP) is 2.50. The number of carbonyl (C=O) groups excluding carboxylic acids is 2. The van der Waals surface area contributed by atoms with Gasteiger partial charge in [0.2, 0.25) is 11.8 Å². The number of nitrogens with one attached hydrogen (secondary N) is 2. The van der Waals surface area contributed by atoms with E-state index in [0.29, 0.717) is 18.1 Å². The van der Waals surface area contributed by atoms with Crippen LogP contribution in [-0.2, 0) is 20.9 Å². The number of hydrogen-bond acceptors (Lipinski definition) is 5. The van der Waals surface area contributed by atoms with Gasteiger partial charge in [0.1, 0.15) is 11.5 Å². The minimum absolute atomic E-state index is 0.222. The molecule has 2 aliphatic heterocycles. The second-order valence-electron chi connectivity index (χ2n) is 6.75. The van der Waals surface area contributed by atoms with E-state index < -0.39 is 24.0 Å². The Balaban J connectivity index is 1.43. The van der Waals surface area contributed by atoms with Crippen molar-refractivity contribution >= 4 is 17.5 Å². The topological polar surface area (TPSA) is 89.8 Å². The van der Waals surface area contributed by atoms with Gasteiger partial charge in [-0.25, -0.2) is 0 Å². The highest BCUT2D eigenvalue weighted by Crippen LogP contribution is 2.40. The quantitative estimate of drug-likeness (QED) is 0.718. The monoisotopic (exact) mass is 382 g/mol. The fourth-order valence-electron chi connectivity index (χ4n) is 3.67. The third-order valence-electron chi connectivity index (χ3n) is 4.95. The Hall–Kier alpha value is -3.06. The summed E-state index contributed by atoms with van der Waals surface area (Å²) in [5.74, 6) is -0.227. The summed E-state index contributed by atoms with van der Waals surface area (Å²) in [5, 5.41) is 5.72. The Morgan fingerprint density at radius 2 is 1.75 bits per heavy atom. The van der Waals surface area contributed by atoms with E-state index in [1.165, 1.54) is 0 Å². The SMILES string of the molecule is CCOc1ccc(NC(=O)[C@H]2[C@@H](C(=O)NCc3ccco3)[C@H]3C=C[C@@H]2O3)cc1. The maximum absolute atomic E-state index is 12.9. The van der Waals surface area contributed by atoms with Gasteiger partial charge >= 0.3 is 0 Å². The van der Waals surface area contributed by atoms with Gasteiger partial charge in [-0.1, -0.05) is 12.2 Å². The standard InChI is InChI=1S/C21H22N2O5/c1-2-26-14-7-5-13(6-8-14)23-21(25)19-17-10-9-16(28-17)18(19)20(24)22-12-15-4-3-11-27-15/h3-11,16-19H,2,12H2,1H3,(H,22,24)(H,23,25)/t16-,17+,18+,19-/m1/s1. The second-order valence-corrected chi connectivity index (χ2v) is 6.75. The molecular formula is C21H22N2O5. The van der Waals surface area contributed by atoms with E-state index in [-0.39, 0.29) is 18.4 Å². The van der Waals surface area contributed by atoms with Gasteiger partial charge in [-0.2, -0.15) is 0 Å². The van der Waals surface area contributed by atoms with Crippen LogP contribution in [-0.4, -0.2) is 30.6 Å². The van der Waals surface area contributed by atoms with Gasteiger partial charge in [-0.3, -0.25) is 9.59 Å². The van der Waals surface area contributed by atoms with Gasteiger partial charge in [-0.15, -0.1) is 0 Å². The highest BCUT2D eigenvalue weighted by atomic mass is 16.5. The number of carbonyl (C=O) groups is 2. The van der Waals surface area contributed by atoms with Crippen LogP contribution in [0.4, 0.5) is 5.69 Å². The van der Waals surface area contributed by atoms with Crippen molar-refractivity contribution in [3.05, 3.63) is 60.6 Å². The van der Waals surface area contributed by atoms with E-state index in [1.54, 1.807) is 42.7 Å². The van der Waals surface area contributed by atoms with Gasteiger partial charge in [-0.05, 0) is 43.3 Å². The maximum Gasteiger partial charge on any atom is 0.231 e. The van der Waals surface area contributed by atoms with E-state index in [1.807, 2.05) is 19.1 Å². The van der Waals surface area contributed by atoms with Gasteiger partial charge in [0.25, 0.3) is 0 Å². The first kappa shape index (κ1) is 18.3. The van der Waals surface area contributed by atoms with E-state index in [2.05, 4.69) is 10.6 Å². The smallest absolute Gasteiger partial charge is 0.231 e. The number of amides is 2. The van der Waals surface area contributed by atoms with Gasteiger partial charge in [0.15, 0.2) is 0 Å². The zero-order valence-electron chi connectivity index (χ0n) is 15.5. The lowest BCUT2D eigenvalue weighted by molar-refractivity contribution is -0.131. The molecule has 1 aromatic carbocycles. The lowest BCUT2D eigenvalue weighted by atomic mass is 9.81. The molecule has 0 spiro atoms. The lowest BCUT2D eigenvalue weighted by Gasteiger charge is -2.23. The minimum atomic E-state index is -0.585. The summed E-state index contributed by atoms with van der Waals surface area (Å²) in [4.78, 5) is 25.7. The molecule has 28 heavy (non-hydrogen) atoms. The average molecular weight is 382 g/mol. The molecule has 0 radical (unpaired) electrons. The van der Waals surface area contributed by atoms with Crippen LogP contribution >= 0.6 is 0 Å². The normalized spacial score (nSPS) is 24.9. The Bertz CT molecular complexity index is 859. The zero-order chi connectivity index (χ0) is 19.5. The summed E-state index contributed by atoms with van der Waals surface area (Å²) < 4.78 is 16.4. The highest BCUT2D eigenvalue weighted by molar-refractivity contribution is 5.97. The van der Waals surface area contributed by atoms with Crippen LogP contribution in [0, 0.1) is 11.8 Å². The Labute approximate surface area is 162 Å². The number of rotatable bonds is 7. The van der Waals surface area contributed by atoms with Crippen LogP contribution in [0.3, 0.4) is 0 Å². The average Bonchev–Trinajstić information content (AvgIpc) is 3.45. The Morgan fingerprint density at radius 1 is 1.04 bits per heavy atom. The van der Waals surface area contributed by atoms with E-state index >= 15 is 0 Å². The molecule has 4 rings (SSSR count). The van der Waals surface area contributed by atoms with Crippen LogP contribution in [0.5, 0.6) is 5.75 Å². The molecule has 1 fully saturated rings. The van der Waals surface area contributed by atoms with E-state index in [0.717, 1.165) is 5.75 Å². The van der Waals surface area contributed by atoms with Crippen molar-refractivity contribution in [2.45, 2.75) is 25.7 Å². The summed E-state index contributed by atoms with van der Waals surface area (Å²) in [6.45, 7) is 2.77. The molecule has 7 heteroatoms. The first-order chi connectivity index (χ1) is 13.7. The van der Waals surface area contributed by atoms with Crippen LogP contribution in [0.1, 0.15) is 12.7 Å². The predicted molar refractivity (Wildman–Crippen MR) is 102 cm³/mol. The third-order valence-corrected chi connectivity index (χ3v) is 4.95. The number of hydrogen-bond donors (Lipinski definition) is 2. The molecule has 2 aromatic rings. The lowest BCUT2D eigenvalue weighted by Crippen LogP contribution is -2.44. The summed E-state index contributed by atoms with van der Waals surface area (Å²) >= 11 is 0. The number of anilines is 1. The van der Waals surface area contributed by atoms with Gasteiger partial charge in [0.05, 0.1) is 43.5 Å². The molecule has 1 saturated heterocycles. The van der Waals surface area contributed by atoms with Crippen LogP contribution in [0.2, 0.25) is 0 Å². The first-order valence-electron chi connectivity index (χ1n) is 9.33. The fraction of sp³-hybridized carbons (Fsp3) is 0.333. The summed E-state index contributed by atoms with van der Waals surface area (Å²) in [6, 6.07) is 10.7. The highest BCUT2D eigenvalue weighted by Gasteiger charge is 2.52. The van der Waals surface area contributed by atoms with Gasteiger partial charge < -0.3 is 24.5 Å². The molecular weight excluding hydrogens is 360 g/mol. The van der Waals surface area contributed by atoms with Crippen molar-refractivity contribution in [1.29, 1.82) is 0 Å². The largest absolute Gasteiger partial charge is 0.494 e. The third kappa shape index (κ3) is 3.66. The molecule has 2 amide bonds. The molecule has 2 bridgehead atoms. The number of fused-ring (bicyclic) bond motifs is 2. The molecule has 4 atom stereocenters. The molecule has 3 heterocycles. The molecule has 1 aromatic heterocycles. The fourth-order valence-corrected chi connectivity index (χ4v) is 3.67. The van der Waals surface area contributed by atoms with Gasteiger partial charge in [0, 0.05) is 5.69 Å². The summed E-state index contributed by atoms with van der Waals surface area (Å²) in [5.41, 5.74) is 0.648. The molecule has 146 valence electrons. The van der Waals surface area contributed by atoms with E-state index in [4.69, 9.17) is 13.9 Å². The molecule has 0 aliphatic carbocycles. The minimum Gasteiger partial charge on any atom is -0.494 e. The first-order valence-corrected chi connectivity index (χ1v) is 9.33. The number of furan rings is 1. The number of ether oxygens (including phenoxy) is 2. The molecule has 2 aliphatic rings. The van der Waals surface area contributed by atoms with Crippen molar-refractivity contribution in [2.24, 2.45) is 11.8 Å². The van der Waals surface area contributed by atoms with Crippen molar-refractivity contribution in [3.63, 3.8) is 0 Å². The molecule has 2 N–H and O–H groups in total. The second kappa shape index (κ2) is 7.90. The van der Waals surface area contributed by atoms with E-state index in [9.17, 15) is 9.59 Å². The molecule has 0 unspecified atom stereocenters. The van der Waals surface area contributed by atoms with Crippen molar-refractivity contribution in [2.75, 3.05) is 11.9 Å².